The molecule has 88 valence electrons. The summed E-state index contributed by atoms with van der Waals surface area (Å²) in [6, 6.07) is 0. The normalized spacial score (nSPS) is 27.4. The maximum Gasteiger partial charge on any atom is 0.166 e. The summed E-state index contributed by atoms with van der Waals surface area (Å²) >= 11 is 4.33. The van der Waals surface area contributed by atoms with Crippen LogP contribution in [0, 0.1) is 5.92 Å². The highest BCUT2D eigenvalue weighted by Crippen LogP contribution is 2.40. The Balaban J connectivity index is 2.00. The zero-order chi connectivity index (χ0) is 11.8. The standard InChI is InChI=1S/C15H16OS/c16-15-13-4-2-1-3-11(13)8-12-7-10(9-17)5-6-14(12)15/h1-3,7,13,17H,4-6,8-9H2. The Kier molecular flexibility index (Phi) is 2.83. The third-order valence-corrected chi connectivity index (χ3v) is 4.35. The van der Waals surface area contributed by atoms with E-state index in [-0.39, 0.29) is 5.92 Å². The topological polar surface area (TPSA) is 17.1 Å². The lowest BCUT2D eigenvalue weighted by Gasteiger charge is -2.31. The molecule has 2 heteroatoms. The summed E-state index contributed by atoms with van der Waals surface area (Å²) in [5.74, 6) is 1.33. The van der Waals surface area contributed by atoms with Crippen LogP contribution in [0.15, 0.2) is 46.6 Å². The van der Waals surface area contributed by atoms with Gasteiger partial charge in [0, 0.05) is 11.7 Å². The van der Waals surface area contributed by atoms with Gasteiger partial charge in [0.1, 0.15) is 0 Å². The molecule has 0 saturated carbocycles. The molecule has 17 heavy (non-hydrogen) atoms. The van der Waals surface area contributed by atoms with Gasteiger partial charge in [0.15, 0.2) is 5.78 Å². The largest absolute Gasteiger partial charge is 0.294 e. The lowest BCUT2D eigenvalue weighted by Crippen LogP contribution is -2.27. The highest BCUT2D eigenvalue weighted by atomic mass is 32.1. The van der Waals surface area contributed by atoms with Crippen LogP contribution in [0.5, 0.6) is 0 Å². The second-order valence-electron chi connectivity index (χ2n) is 4.96. The van der Waals surface area contributed by atoms with Gasteiger partial charge in [-0.05, 0) is 36.8 Å². The number of hydrogen-bond acceptors (Lipinski definition) is 2. The Hall–Kier alpha value is -1.02. The van der Waals surface area contributed by atoms with Crippen molar-refractivity contribution >= 4 is 18.4 Å². The van der Waals surface area contributed by atoms with Crippen molar-refractivity contribution in [3.05, 3.63) is 46.6 Å². The van der Waals surface area contributed by atoms with Crippen molar-refractivity contribution in [1.82, 2.24) is 0 Å². The highest BCUT2D eigenvalue weighted by Gasteiger charge is 2.33. The van der Waals surface area contributed by atoms with Crippen molar-refractivity contribution in [3.63, 3.8) is 0 Å². The molecule has 3 aliphatic rings. The Labute approximate surface area is 107 Å². The minimum Gasteiger partial charge on any atom is -0.294 e. The summed E-state index contributed by atoms with van der Waals surface area (Å²) in [6.45, 7) is 0. The average molecular weight is 244 g/mol. The number of allylic oxidation sites excluding steroid dienone is 7. The number of ketones is 1. The van der Waals surface area contributed by atoms with Crippen LogP contribution in [0.1, 0.15) is 25.7 Å². The lowest BCUT2D eigenvalue weighted by molar-refractivity contribution is -0.118. The molecule has 1 nitrogen and oxygen atoms in total. The number of rotatable bonds is 1. The van der Waals surface area contributed by atoms with Crippen LogP contribution < -0.4 is 0 Å². The Morgan fingerprint density at radius 2 is 2.24 bits per heavy atom. The molecule has 3 rings (SSSR count). The van der Waals surface area contributed by atoms with Crippen molar-refractivity contribution < 1.29 is 4.79 Å². The van der Waals surface area contributed by atoms with Crippen LogP contribution in [-0.2, 0) is 4.79 Å². The fraction of sp³-hybridized carbons (Fsp3) is 0.400. The molecule has 3 aliphatic carbocycles. The number of thiol groups is 1. The van der Waals surface area contributed by atoms with Gasteiger partial charge in [-0.3, -0.25) is 4.79 Å². The number of carbonyl (C=O) groups excluding carboxylic acids is 1. The van der Waals surface area contributed by atoms with E-state index in [2.05, 4.69) is 36.9 Å². The molecule has 0 bridgehead atoms. The van der Waals surface area contributed by atoms with Crippen molar-refractivity contribution in [2.75, 3.05) is 5.75 Å². The van der Waals surface area contributed by atoms with E-state index in [0.29, 0.717) is 5.78 Å². The summed E-state index contributed by atoms with van der Waals surface area (Å²) in [5.41, 5.74) is 5.01. The fourth-order valence-corrected chi connectivity index (χ4v) is 3.23. The second kappa shape index (κ2) is 4.34. The smallest absolute Gasteiger partial charge is 0.166 e. The third kappa shape index (κ3) is 1.85. The summed E-state index contributed by atoms with van der Waals surface area (Å²) < 4.78 is 0. The SMILES string of the molecule is O=C1C2=C(C=C(CS)CC2)CC2=CC=CCC12. The van der Waals surface area contributed by atoms with E-state index in [9.17, 15) is 4.79 Å². The first-order valence-electron chi connectivity index (χ1n) is 6.21. The van der Waals surface area contributed by atoms with Crippen LogP contribution in [-0.4, -0.2) is 11.5 Å². The number of fused-ring (bicyclic) bond motifs is 1. The maximum absolute atomic E-state index is 12.4. The fourth-order valence-electron chi connectivity index (χ4n) is 2.98. The molecule has 1 unspecified atom stereocenters. The van der Waals surface area contributed by atoms with Gasteiger partial charge in [-0.15, -0.1) is 0 Å². The lowest BCUT2D eigenvalue weighted by atomic mass is 9.72. The molecule has 0 N–H and O–H groups in total. The molecule has 0 heterocycles. The van der Waals surface area contributed by atoms with Gasteiger partial charge in [0.05, 0.1) is 0 Å². The molecule has 0 aliphatic heterocycles. The van der Waals surface area contributed by atoms with Crippen molar-refractivity contribution in [1.29, 1.82) is 0 Å². The Morgan fingerprint density at radius 3 is 3.06 bits per heavy atom. The van der Waals surface area contributed by atoms with E-state index in [1.54, 1.807) is 0 Å². The first-order valence-corrected chi connectivity index (χ1v) is 6.85. The van der Waals surface area contributed by atoms with Gasteiger partial charge >= 0.3 is 0 Å². The second-order valence-corrected chi connectivity index (χ2v) is 5.28. The molecule has 0 aromatic heterocycles. The molecule has 0 radical (unpaired) electrons. The molecule has 0 saturated heterocycles. The maximum atomic E-state index is 12.4. The van der Waals surface area contributed by atoms with E-state index < -0.39 is 0 Å². The number of Topliss-reactive ketones (excluding diaryl/α,β-unsaturated/α-hetero) is 1. The molecule has 0 fully saturated rings. The zero-order valence-electron chi connectivity index (χ0n) is 9.78. The van der Waals surface area contributed by atoms with Crippen molar-refractivity contribution in [2.24, 2.45) is 5.92 Å². The molecule has 0 aromatic rings. The van der Waals surface area contributed by atoms with Gasteiger partial charge < -0.3 is 0 Å². The van der Waals surface area contributed by atoms with Crippen molar-refractivity contribution in [2.45, 2.75) is 25.7 Å². The van der Waals surface area contributed by atoms with E-state index in [1.165, 1.54) is 16.7 Å². The average Bonchev–Trinajstić information content (AvgIpc) is 2.38. The minimum absolute atomic E-state index is 0.143. The summed E-state index contributed by atoms with van der Waals surface area (Å²) in [4.78, 5) is 12.4. The van der Waals surface area contributed by atoms with Crippen LogP contribution in [0.4, 0.5) is 0 Å². The molecule has 0 amide bonds. The van der Waals surface area contributed by atoms with Gasteiger partial charge in [-0.25, -0.2) is 0 Å². The van der Waals surface area contributed by atoms with E-state index in [4.69, 9.17) is 0 Å². The number of carbonyl (C=O) groups is 1. The van der Waals surface area contributed by atoms with E-state index in [0.717, 1.165) is 37.0 Å². The summed E-state index contributed by atoms with van der Waals surface area (Å²) in [7, 11) is 0. The Bertz CT molecular complexity index is 491. The summed E-state index contributed by atoms with van der Waals surface area (Å²) in [6.07, 6.45) is 12.3. The van der Waals surface area contributed by atoms with Gasteiger partial charge in [0.2, 0.25) is 0 Å². The monoisotopic (exact) mass is 244 g/mol. The van der Waals surface area contributed by atoms with Crippen LogP contribution in [0.3, 0.4) is 0 Å². The summed E-state index contributed by atoms with van der Waals surface area (Å²) in [5, 5.41) is 0. The predicted octanol–water partition coefficient (Wildman–Crippen LogP) is 3.41. The first-order chi connectivity index (χ1) is 8.29. The highest BCUT2D eigenvalue weighted by molar-refractivity contribution is 7.80. The Morgan fingerprint density at radius 1 is 1.35 bits per heavy atom. The molecule has 0 spiro atoms. The van der Waals surface area contributed by atoms with E-state index in [1.807, 2.05) is 0 Å². The van der Waals surface area contributed by atoms with Crippen LogP contribution in [0.2, 0.25) is 0 Å². The van der Waals surface area contributed by atoms with Crippen LogP contribution in [0.25, 0.3) is 0 Å². The molecule has 0 aromatic carbocycles. The molecular weight excluding hydrogens is 228 g/mol. The molecule has 1 atom stereocenters. The van der Waals surface area contributed by atoms with E-state index >= 15 is 0 Å². The van der Waals surface area contributed by atoms with Crippen molar-refractivity contribution in [3.8, 4) is 0 Å². The third-order valence-electron chi connectivity index (χ3n) is 3.94. The van der Waals surface area contributed by atoms with Crippen LogP contribution >= 0.6 is 12.6 Å². The van der Waals surface area contributed by atoms with Gasteiger partial charge in [-0.2, -0.15) is 12.6 Å². The zero-order valence-corrected chi connectivity index (χ0v) is 10.7. The number of hydrogen-bond donors (Lipinski definition) is 1. The predicted molar refractivity (Wildman–Crippen MR) is 73.2 cm³/mol. The molecular formula is C15H16OS. The minimum atomic E-state index is 0.143. The quantitative estimate of drug-likeness (QED) is 0.699. The first kappa shape index (κ1) is 11.1. The van der Waals surface area contributed by atoms with Gasteiger partial charge in [-0.1, -0.05) is 35.5 Å². The van der Waals surface area contributed by atoms with Gasteiger partial charge in [0.25, 0.3) is 0 Å².